The number of methoxy groups -OCH3 is 1. The van der Waals surface area contributed by atoms with Gasteiger partial charge < -0.3 is 20.7 Å². The second kappa shape index (κ2) is 8.82. The van der Waals surface area contributed by atoms with Crippen LogP contribution in [0.2, 0.25) is 0 Å². The molecule has 0 bridgehead atoms. The lowest BCUT2D eigenvalue weighted by Gasteiger charge is -2.32. The summed E-state index contributed by atoms with van der Waals surface area (Å²) >= 11 is 0. The van der Waals surface area contributed by atoms with Gasteiger partial charge in [0.25, 0.3) is 0 Å². The van der Waals surface area contributed by atoms with Gasteiger partial charge in [-0.25, -0.2) is 4.98 Å². The predicted molar refractivity (Wildman–Crippen MR) is 118 cm³/mol. The lowest BCUT2D eigenvalue weighted by molar-refractivity contribution is -0.120. The number of nitrogens with two attached hydrogens (primary N) is 1. The highest BCUT2D eigenvalue weighted by molar-refractivity contribution is 5.93. The number of hydrogen-bond acceptors (Lipinski definition) is 6. The van der Waals surface area contributed by atoms with E-state index < -0.39 is 0 Å². The van der Waals surface area contributed by atoms with Crippen LogP contribution in [0.25, 0.3) is 11.1 Å². The molecule has 1 saturated heterocycles. The Kier molecular flexibility index (Phi) is 5.79. The molecule has 1 amide bonds. The lowest BCUT2D eigenvalue weighted by Crippen LogP contribution is -2.38. The SMILES string of the molecule is COc1cccc(-c2cccc(NC(=O)C3CCN(c4ccnc(N)n4)CC3)c2)c1. The van der Waals surface area contributed by atoms with Crippen LogP contribution in [0.3, 0.4) is 0 Å². The van der Waals surface area contributed by atoms with Crippen molar-refractivity contribution >= 4 is 23.4 Å². The number of hydrogen-bond donors (Lipinski definition) is 2. The van der Waals surface area contributed by atoms with Crippen LogP contribution in [0, 0.1) is 5.92 Å². The highest BCUT2D eigenvalue weighted by atomic mass is 16.5. The molecule has 0 aliphatic carbocycles. The standard InChI is InChI=1S/C23H25N5O2/c1-30-20-7-3-5-18(15-20)17-4-2-6-19(14-17)26-22(29)16-9-12-28(13-10-16)21-8-11-25-23(24)27-21/h2-8,11,14-16H,9-10,12-13H2,1H3,(H,26,29)(H2,24,25,27). The van der Waals surface area contributed by atoms with E-state index in [1.54, 1.807) is 13.3 Å². The fraction of sp³-hybridized carbons (Fsp3) is 0.261. The van der Waals surface area contributed by atoms with E-state index in [0.717, 1.165) is 54.3 Å². The Morgan fingerprint density at radius 3 is 2.57 bits per heavy atom. The second-order valence-electron chi connectivity index (χ2n) is 7.34. The van der Waals surface area contributed by atoms with Crippen LogP contribution >= 0.6 is 0 Å². The molecular weight excluding hydrogens is 378 g/mol. The maximum absolute atomic E-state index is 12.8. The fourth-order valence-electron chi connectivity index (χ4n) is 3.73. The van der Waals surface area contributed by atoms with Crippen molar-refractivity contribution in [3.05, 3.63) is 60.8 Å². The van der Waals surface area contributed by atoms with Gasteiger partial charge in [0.05, 0.1) is 7.11 Å². The summed E-state index contributed by atoms with van der Waals surface area (Å²) in [5.74, 6) is 1.91. The van der Waals surface area contributed by atoms with E-state index in [4.69, 9.17) is 10.5 Å². The molecule has 7 nitrogen and oxygen atoms in total. The van der Waals surface area contributed by atoms with Gasteiger partial charge in [-0.3, -0.25) is 4.79 Å². The van der Waals surface area contributed by atoms with E-state index in [1.165, 1.54) is 0 Å². The molecule has 2 heterocycles. The fourth-order valence-corrected chi connectivity index (χ4v) is 3.73. The molecule has 1 aliphatic heterocycles. The number of aromatic nitrogens is 2. The van der Waals surface area contributed by atoms with E-state index in [2.05, 4.69) is 20.2 Å². The normalized spacial score (nSPS) is 14.4. The molecule has 1 aromatic heterocycles. The summed E-state index contributed by atoms with van der Waals surface area (Å²) in [6.07, 6.45) is 3.20. The highest BCUT2D eigenvalue weighted by Gasteiger charge is 2.25. The third-order valence-corrected chi connectivity index (χ3v) is 5.38. The van der Waals surface area contributed by atoms with Crippen LogP contribution in [-0.2, 0) is 4.79 Å². The molecule has 30 heavy (non-hydrogen) atoms. The van der Waals surface area contributed by atoms with E-state index in [0.29, 0.717) is 0 Å². The molecule has 3 aromatic rings. The zero-order chi connectivity index (χ0) is 20.9. The summed E-state index contributed by atoms with van der Waals surface area (Å²) in [5, 5.41) is 3.08. The molecule has 0 atom stereocenters. The molecule has 2 aromatic carbocycles. The van der Waals surface area contributed by atoms with Crippen molar-refractivity contribution in [2.24, 2.45) is 5.92 Å². The second-order valence-corrected chi connectivity index (χ2v) is 7.34. The number of carbonyl (C=O) groups excluding carboxylic acids is 1. The van der Waals surface area contributed by atoms with Crippen molar-refractivity contribution in [2.45, 2.75) is 12.8 Å². The number of carbonyl (C=O) groups is 1. The zero-order valence-corrected chi connectivity index (χ0v) is 16.9. The largest absolute Gasteiger partial charge is 0.497 e. The number of anilines is 3. The first kappa shape index (κ1) is 19.7. The first-order valence-corrected chi connectivity index (χ1v) is 10.0. The molecule has 0 unspecified atom stereocenters. The van der Waals surface area contributed by atoms with E-state index >= 15 is 0 Å². The molecule has 0 spiro atoms. The summed E-state index contributed by atoms with van der Waals surface area (Å²) in [7, 11) is 1.65. The number of amides is 1. The van der Waals surface area contributed by atoms with Gasteiger partial charge in [-0.05, 0) is 54.3 Å². The first-order chi connectivity index (χ1) is 14.6. The van der Waals surface area contributed by atoms with Crippen molar-refractivity contribution in [3.8, 4) is 16.9 Å². The van der Waals surface area contributed by atoms with Crippen LogP contribution in [0.15, 0.2) is 60.8 Å². The summed E-state index contributed by atoms with van der Waals surface area (Å²) in [5.41, 5.74) is 8.55. The molecule has 1 aliphatic rings. The Balaban J connectivity index is 1.39. The molecule has 4 rings (SSSR count). The van der Waals surface area contributed by atoms with Gasteiger partial charge in [-0.1, -0.05) is 24.3 Å². The monoisotopic (exact) mass is 403 g/mol. The average molecular weight is 403 g/mol. The minimum Gasteiger partial charge on any atom is -0.497 e. The molecule has 3 N–H and O–H groups in total. The molecule has 0 radical (unpaired) electrons. The van der Waals surface area contributed by atoms with Crippen molar-refractivity contribution in [2.75, 3.05) is 36.1 Å². The van der Waals surface area contributed by atoms with Gasteiger partial charge in [0.15, 0.2) is 0 Å². The van der Waals surface area contributed by atoms with Gasteiger partial charge >= 0.3 is 0 Å². The number of nitrogens with one attached hydrogen (secondary N) is 1. The lowest BCUT2D eigenvalue weighted by atomic mass is 9.95. The Morgan fingerprint density at radius 1 is 1.10 bits per heavy atom. The Morgan fingerprint density at radius 2 is 1.83 bits per heavy atom. The van der Waals surface area contributed by atoms with Gasteiger partial charge in [-0.15, -0.1) is 0 Å². The Labute approximate surface area is 175 Å². The summed E-state index contributed by atoms with van der Waals surface area (Å²) in [6.45, 7) is 1.52. The molecule has 1 fully saturated rings. The van der Waals surface area contributed by atoms with E-state index in [-0.39, 0.29) is 17.8 Å². The molecule has 0 saturated carbocycles. The Bertz CT molecular complexity index is 1030. The number of benzene rings is 2. The number of ether oxygens (including phenoxy) is 1. The van der Waals surface area contributed by atoms with Crippen LogP contribution in [0.1, 0.15) is 12.8 Å². The number of rotatable bonds is 5. The third kappa shape index (κ3) is 4.51. The summed E-state index contributed by atoms with van der Waals surface area (Å²) in [6, 6.07) is 17.6. The molecule has 154 valence electrons. The smallest absolute Gasteiger partial charge is 0.227 e. The molecule has 7 heteroatoms. The van der Waals surface area contributed by atoms with Gasteiger partial charge in [0, 0.05) is 30.9 Å². The minimum atomic E-state index is -0.0269. The Hall–Kier alpha value is -3.61. The topological polar surface area (TPSA) is 93.4 Å². The molecular formula is C23H25N5O2. The minimum absolute atomic E-state index is 0.0269. The van der Waals surface area contributed by atoms with Crippen LogP contribution in [0.4, 0.5) is 17.5 Å². The quantitative estimate of drug-likeness (QED) is 0.676. The van der Waals surface area contributed by atoms with Crippen LogP contribution in [0.5, 0.6) is 5.75 Å². The van der Waals surface area contributed by atoms with E-state index in [9.17, 15) is 4.79 Å². The van der Waals surface area contributed by atoms with E-state index in [1.807, 2.05) is 54.6 Å². The zero-order valence-electron chi connectivity index (χ0n) is 16.9. The van der Waals surface area contributed by atoms with Crippen LogP contribution in [-0.4, -0.2) is 36.1 Å². The number of nitrogens with zero attached hydrogens (tertiary/aromatic N) is 3. The first-order valence-electron chi connectivity index (χ1n) is 10.0. The maximum Gasteiger partial charge on any atom is 0.227 e. The van der Waals surface area contributed by atoms with Gasteiger partial charge in [0.1, 0.15) is 11.6 Å². The highest BCUT2D eigenvalue weighted by Crippen LogP contribution is 2.27. The number of nitrogen functional groups attached to an aromatic ring is 1. The van der Waals surface area contributed by atoms with Gasteiger partial charge in [-0.2, -0.15) is 4.98 Å². The van der Waals surface area contributed by atoms with Crippen molar-refractivity contribution in [1.29, 1.82) is 0 Å². The van der Waals surface area contributed by atoms with Crippen molar-refractivity contribution in [3.63, 3.8) is 0 Å². The number of piperidine rings is 1. The average Bonchev–Trinajstić information content (AvgIpc) is 2.79. The van der Waals surface area contributed by atoms with Crippen LogP contribution < -0.4 is 20.7 Å². The third-order valence-electron chi connectivity index (χ3n) is 5.38. The van der Waals surface area contributed by atoms with Gasteiger partial charge in [0.2, 0.25) is 11.9 Å². The summed E-state index contributed by atoms with van der Waals surface area (Å²) in [4.78, 5) is 23.2. The summed E-state index contributed by atoms with van der Waals surface area (Å²) < 4.78 is 5.31. The van der Waals surface area contributed by atoms with Crippen molar-refractivity contribution in [1.82, 2.24) is 9.97 Å². The maximum atomic E-state index is 12.8. The predicted octanol–water partition coefficient (Wildman–Crippen LogP) is 3.59. The van der Waals surface area contributed by atoms with Crippen molar-refractivity contribution < 1.29 is 9.53 Å².